The van der Waals surface area contributed by atoms with Crippen molar-refractivity contribution in [3.8, 4) is 0 Å². The van der Waals surface area contributed by atoms with E-state index in [-0.39, 0.29) is 0 Å². The predicted octanol–water partition coefficient (Wildman–Crippen LogP) is 5.52. The van der Waals surface area contributed by atoms with Gasteiger partial charge in [0.1, 0.15) is 5.82 Å². The summed E-state index contributed by atoms with van der Waals surface area (Å²) in [5.74, 6) is 2.29. The summed E-state index contributed by atoms with van der Waals surface area (Å²) in [5.41, 5.74) is 2.51. The highest BCUT2D eigenvalue weighted by Gasteiger charge is 2.18. The van der Waals surface area contributed by atoms with E-state index in [9.17, 15) is 0 Å². The van der Waals surface area contributed by atoms with Crippen LogP contribution in [0.1, 0.15) is 74.4 Å². The van der Waals surface area contributed by atoms with Gasteiger partial charge < -0.3 is 0 Å². The zero-order valence-corrected chi connectivity index (χ0v) is 16.2. The van der Waals surface area contributed by atoms with Gasteiger partial charge in [-0.05, 0) is 73.4 Å². The van der Waals surface area contributed by atoms with Crippen molar-refractivity contribution < 1.29 is 0 Å². The van der Waals surface area contributed by atoms with E-state index in [0.717, 1.165) is 37.2 Å². The van der Waals surface area contributed by atoms with E-state index in [2.05, 4.69) is 58.0 Å². The summed E-state index contributed by atoms with van der Waals surface area (Å²) in [4.78, 5) is 17.7. The third-order valence-electron chi connectivity index (χ3n) is 5.31. The van der Waals surface area contributed by atoms with Crippen molar-refractivity contribution >= 4 is 0 Å². The van der Waals surface area contributed by atoms with Crippen LogP contribution in [0.5, 0.6) is 0 Å². The SMILES string of the molecule is CC(CCC(CCC(C)c1ccccn1)c1ncccn1)c1ccncc1. The lowest BCUT2D eigenvalue weighted by Crippen LogP contribution is -2.08. The van der Waals surface area contributed by atoms with Crippen LogP contribution < -0.4 is 0 Å². The van der Waals surface area contributed by atoms with Gasteiger partial charge in [-0.15, -0.1) is 0 Å². The highest BCUT2D eigenvalue weighted by molar-refractivity contribution is 5.15. The van der Waals surface area contributed by atoms with Crippen molar-refractivity contribution in [2.45, 2.75) is 57.3 Å². The number of rotatable bonds is 9. The Morgan fingerprint density at radius 2 is 1.33 bits per heavy atom. The molecule has 0 spiro atoms. The average molecular weight is 361 g/mol. The van der Waals surface area contributed by atoms with Crippen molar-refractivity contribution in [3.63, 3.8) is 0 Å². The molecule has 0 N–H and O–H groups in total. The molecule has 4 heteroatoms. The Balaban J connectivity index is 1.63. The summed E-state index contributed by atoms with van der Waals surface area (Å²) in [5, 5.41) is 0. The first kappa shape index (κ1) is 19.2. The molecule has 0 saturated heterocycles. The van der Waals surface area contributed by atoms with E-state index >= 15 is 0 Å². The summed E-state index contributed by atoms with van der Waals surface area (Å²) >= 11 is 0. The normalized spacial score (nSPS) is 14.4. The Hall–Kier alpha value is -2.62. The van der Waals surface area contributed by atoms with Gasteiger partial charge in [0.25, 0.3) is 0 Å². The van der Waals surface area contributed by atoms with Crippen LogP contribution in [-0.4, -0.2) is 19.9 Å². The monoisotopic (exact) mass is 360 g/mol. The Morgan fingerprint density at radius 3 is 2.00 bits per heavy atom. The van der Waals surface area contributed by atoms with Gasteiger partial charge in [-0.3, -0.25) is 9.97 Å². The van der Waals surface area contributed by atoms with E-state index in [4.69, 9.17) is 0 Å². The van der Waals surface area contributed by atoms with Gasteiger partial charge in [0.05, 0.1) is 0 Å². The predicted molar refractivity (Wildman–Crippen MR) is 109 cm³/mol. The molecule has 3 rings (SSSR count). The highest BCUT2D eigenvalue weighted by atomic mass is 14.9. The zero-order chi connectivity index (χ0) is 18.9. The van der Waals surface area contributed by atoms with Crippen LogP contribution in [0.25, 0.3) is 0 Å². The molecular formula is C23H28N4. The van der Waals surface area contributed by atoms with Crippen LogP contribution >= 0.6 is 0 Å². The Bertz CT molecular complexity index is 728. The molecule has 0 radical (unpaired) electrons. The fraction of sp³-hybridized carbons (Fsp3) is 0.391. The van der Waals surface area contributed by atoms with Crippen LogP contribution in [0, 0.1) is 0 Å². The summed E-state index contributed by atoms with van der Waals surface area (Å²) < 4.78 is 0. The molecule has 0 fully saturated rings. The van der Waals surface area contributed by atoms with Crippen LogP contribution in [0.4, 0.5) is 0 Å². The van der Waals surface area contributed by atoms with E-state index in [1.807, 2.05) is 43.1 Å². The third kappa shape index (κ3) is 5.68. The van der Waals surface area contributed by atoms with Gasteiger partial charge in [-0.1, -0.05) is 19.9 Å². The molecule has 0 saturated carbocycles. The Labute approximate surface area is 162 Å². The molecule has 0 aromatic carbocycles. The van der Waals surface area contributed by atoms with E-state index in [1.54, 1.807) is 0 Å². The summed E-state index contributed by atoms with van der Waals surface area (Å²) in [6.07, 6.45) is 13.7. The summed E-state index contributed by atoms with van der Waals surface area (Å²) in [6.45, 7) is 4.54. The molecule has 0 aliphatic heterocycles. The molecule has 27 heavy (non-hydrogen) atoms. The van der Waals surface area contributed by atoms with E-state index < -0.39 is 0 Å². The Kier molecular flexibility index (Phi) is 7.03. The largest absolute Gasteiger partial charge is 0.265 e. The number of hydrogen-bond acceptors (Lipinski definition) is 4. The van der Waals surface area contributed by atoms with Gasteiger partial charge >= 0.3 is 0 Å². The topological polar surface area (TPSA) is 51.6 Å². The van der Waals surface area contributed by atoms with Crippen molar-refractivity contribution in [1.82, 2.24) is 19.9 Å². The second-order valence-corrected chi connectivity index (χ2v) is 7.30. The molecule has 3 unspecified atom stereocenters. The minimum absolute atomic E-state index is 0.377. The van der Waals surface area contributed by atoms with E-state index in [0.29, 0.717) is 17.8 Å². The number of aromatic nitrogens is 4. The van der Waals surface area contributed by atoms with Gasteiger partial charge in [-0.25, -0.2) is 9.97 Å². The third-order valence-corrected chi connectivity index (χ3v) is 5.31. The zero-order valence-electron chi connectivity index (χ0n) is 16.2. The van der Waals surface area contributed by atoms with Crippen molar-refractivity contribution in [2.75, 3.05) is 0 Å². The molecule has 4 nitrogen and oxygen atoms in total. The van der Waals surface area contributed by atoms with Crippen LogP contribution in [0.2, 0.25) is 0 Å². The molecule has 3 atom stereocenters. The lowest BCUT2D eigenvalue weighted by molar-refractivity contribution is 0.466. The van der Waals surface area contributed by atoms with Gasteiger partial charge in [-0.2, -0.15) is 0 Å². The standard InChI is InChI=1S/C23H28N4/c1-18(20-11-16-24-17-12-20)7-9-21(23-26-14-5-15-27-23)10-8-19(2)22-6-3-4-13-25-22/h3-6,11-19,21H,7-10H2,1-2H3. The maximum Gasteiger partial charge on any atom is 0.131 e. The van der Waals surface area contributed by atoms with Crippen LogP contribution in [0.3, 0.4) is 0 Å². The van der Waals surface area contributed by atoms with Crippen LogP contribution in [-0.2, 0) is 0 Å². The maximum atomic E-state index is 4.54. The van der Waals surface area contributed by atoms with E-state index in [1.165, 1.54) is 5.56 Å². The molecule has 0 amide bonds. The second-order valence-electron chi connectivity index (χ2n) is 7.30. The van der Waals surface area contributed by atoms with Gasteiger partial charge in [0, 0.05) is 42.6 Å². The smallest absolute Gasteiger partial charge is 0.131 e. The van der Waals surface area contributed by atoms with Crippen molar-refractivity contribution in [2.24, 2.45) is 0 Å². The van der Waals surface area contributed by atoms with Crippen molar-refractivity contribution in [1.29, 1.82) is 0 Å². The molecule has 0 aliphatic rings. The van der Waals surface area contributed by atoms with Crippen molar-refractivity contribution in [3.05, 3.63) is 84.5 Å². The highest BCUT2D eigenvalue weighted by Crippen LogP contribution is 2.31. The van der Waals surface area contributed by atoms with Gasteiger partial charge in [0.2, 0.25) is 0 Å². The minimum Gasteiger partial charge on any atom is -0.265 e. The lowest BCUT2D eigenvalue weighted by atomic mass is 9.87. The fourth-order valence-corrected chi connectivity index (χ4v) is 3.50. The number of hydrogen-bond donors (Lipinski definition) is 0. The second kappa shape index (κ2) is 9.91. The molecule has 3 heterocycles. The summed E-state index contributed by atoms with van der Waals surface area (Å²) in [7, 11) is 0. The molecule has 3 aromatic rings. The molecule has 140 valence electrons. The molecular weight excluding hydrogens is 332 g/mol. The minimum atomic E-state index is 0.377. The molecule has 3 aromatic heterocycles. The maximum absolute atomic E-state index is 4.54. The first-order valence-corrected chi connectivity index (χ1v) is 9.81. The molecule has 0 aliphatic carbocycles. The Morgan fingerprint density at radius 1 is 0.667 bits per heavy atom. The number of pyridine rings is 2. The molecule has 0 bridgehead atoms. The lowest BCUT2D eigenvalue weighted by Gasteiger charge is -2.20. The quantitative estimate of drug-likeness (QED) is 0.504. The first-order chi connectivity index (χ1) is 13.2. The number of nitrogens with zero attached hydrogens (tertiary/aromatic N) is 4. The first-order valence-electron chi connectivity index (χ1n) is 9.81. The fourth-order valence-electron chi connectivity index (χ4n) is 3.50. The van der Waals surface area contributed by atoms with Gasteiger partial charge in [0.15, 0.2) is 0 Å². The van der Waals surface area contributed by atoms with Crippen LogP contribution in [0.15, 0.2) is 67.4 Å². The average Bonchev–Trinajstić information content (AvgIpc) is 2.75. The summed E-state index contributed by atoms with van der Waals surface area (Å²) in [6, 6.07) is 12.3.